The highest BCUT2D eigenvalue weighted by Gasteiger charge is 2.15. The van der Waals surface area contributed by atoms with Crippen molar-refractivity contribution in [1.29, 1.82) is 0 Å². The van der Waals surface area contributed by atoms with E-state index in [4.69, 9.17) is 0 Å². The van der Waals surface area contributed by atoms with Crippen LogP contribution in [-0.4, -0.2) is 4.98 Å². The third-order valence-corrected chi connectivity index (χ3v) is 3.67. The molecule has 0 spiro atoms. The molecule has 3 heteroatoms. The van der Waals surface area contributed by atoms with Crippen LogP contribution in [-0.2, 0) is 0 Å². The van der Waals surface area contributed by atoms with Crippen molar-refractivity contribution in [1.82, 2.24) is 4.98 Å². The van der Waals surface area contributed by atoms with Crippen LogP contribution in [0.3, 0.4) is 0 Å². The average Bonchev–Trinajstić information content (AvgIpc) is 2.54. The number of para-hydroxylation sites is 1. The fraction of sp³-hybridized carbons (Fsp3) is 0. The molecule has 0 N–H and O–H groups in total. The molecule has 0 saturated carbocycles. The van der Waals surface area contributed by atoms with E-state index in [1.807, 2.05) is 66.7 Å². The minimum absolute atomic E-state index is 0.596. The van der Waals surface area contributed by atoms with Crippen LogP contribution in [0.25, 0.3) is 33.1 Å². The van der Waals surface area contributed by atoms with Crippen LogP contribution in [0, 0.1) is 5.21 Å². The van der Waals surface area contributed by atoms with Gasteiger partial charge in [0.15, 0.2) is 6.20 Å². The molecule has 3 nitrogen and oxygen atoms in total. The van der Waals surface area contributed by atoms with Crippen molar-refractivity contribution >= 4 is 21.7 Å². The summed E-state index contributed by atoms with van der Waals surface area (Å²) < 4.78 is 0.888. The Kier molecular flexibility index (Phi) is 2.57. The Morgan fingerprint density at radius 2 is 1.52 bits per heavy atom. The monoisotopic (exact) mass is 272 g/mol. The van der Waals surface area contributed by atoms with Crippen LogP contribution < -0.4 is 4.73 Å². The van der Waals surface area contributed by atoms with E-state index in [1.165, 1.54) is 6.20 Å². The van der Waals surface area contributed by atoms with Crippen LogP contribution in [0.4, 0.5) is 0 Å². The molecule has 0 aliphatic rings. The summed E-state index contributed by atoms with van der Waals surface area (Å²) in [7, 11) is 0. The van der Waals surface area contributed by atoms with Crippen LogP contribution in [0.2, 0.25) is 0 Å². The van der Waals surface area contributed by atoms with Gasteiger partial charge in [0.1, 0.15) is 5.69 Å². The molecule has 0 atom stereocenters. The smallest absolute Gasteiger partial charge is 0.250 e. The molecule has 0 radical (unpaired) electrons. The zero-order valence-corrected chi connectivity index (χ0v) is 11.2. The van der Waals surface area contributed by atoms with E-state index in [0.29, 0.717) is 11.4 Å². The van der Waals surface area contributed by atoms with E-state index in [-0.39, 0.29) is 0 Å². The highest BCUT2D eigenvalue weighted by Crippen LogP contribution is 2.25. The molecule has 0 amide bonds. The van der Waals surface area contributed by atoms with Crippen molar-refractivity contribution in [3.05, 3.63) is 78.1 Å². The molecule has 4 rings (SSSR count). The van der Waals surface area contributed by atoms with Crippen LogP contribution >= 0.6 is 0 Å². The lowest BCUT2D eigenvalue weighted by molar-refractivity contribution is -0.592. The topological polar surface area (TPSA) is 39.8 Å². The molecule has 0 aliphatic heterocycles. The normalized spacial score (nSPS) is 11.0. The van der Waals surface area contributed by atoms with E-state index in [9.17, 15) is 5.21 Å². The van der Waals surface area contributed by atoms with Crippen LogP contribution in [0.1, 0.15) is 0 Å². The summed E-state index contributed by atoms with van der Waals surface area (Å²) in [6.07, 6.45) is 1.54. The van der Waals surface area contributed by atoms with E-state index in [1.54, 1.807) is 0 Å². The zero-order valence-electron chi connectivity index (χ0n) is 11.2. The van der Waals surface area contributed by atoms with Gasteiger partial charge in [0.25, 0.3) is 0 Å². The first-order valence-corrected chi connectivity index (χ1v) is 6.80. The van der Waals surface area contributed by atoms with Gasteiger partial charge >= 0.3 is 0 Å². The van der Waals surface area contributed by atoms with Crippen LogP contribution in [0.5, 0.6) is 0 Å². The lowest BCUT2D eigenvalue weighted by Crippen LogP contribution is -2.28. The number of fused-ring (bicyclic) bond motifs is 2. The quantitative estimate of drug-likeness (QED) is 0.391. The Labute approximate surface area is 121 Å². The van der Waals surface area contributed by atoms with E-state index in [0.717, 1.165) is 26.4 Å². The molecule has 0 saturated heterocycles. The summed E-state index contributed by atoms with van der Waals surface area (Å²) in [4.78, 5) is 4.64. The van der Waals surface area contributed by atoms with Crippen molar-refractivity contribution in [2.45, 2.75) is 0 Å². The van der Waals surface area contributed by atoms with Gasteiger partial charge in [0.2, 0.25) is 5.69 Å². The maximum absolute atomic E-state index is 12.2. The summed E-state index contributed by atoms with van der Waals surface area (Å²) in [6.45, 7) is 0. The SMILES string of the molecule is [O-][n+]1ccc2ccccc2c1-c1ccc2ccccc2n1. The first kappa shape index (κ1) is 11.9. The third-order valence-electron chi connectivity index (χ3n) is 3.67. The van der Waals surface area contributed by atoms with E-state index in [2.05, 4.69) is 4.98 Å². The first-order chi connectivity index (χ1) is 10.3. The van der Waals surface area contributed by atoms with Crippen molar-refractivity contribution in [2.24, 2.45) is 0 Å². The van der Waals surface area contributed by atoms with Gasteiger partial charge in [-0.2, -0.15) is 4.73 Å². The van der Waals surface area contributed by atoms with Gasteiger partial charge in [0.05, 0.1) is 10.9 Å². The molecule has 21 heavy (non-hydrogen) atoms. The Bertz CT molecular complexity index is 963. The molecule has 4 aromatic rings. The van der Waals surface area contributed by atoms with Crippen molar-refractivity contribution in [2.75, 3.05) is 0 Å². The fourth-order valence-corrected chi connectivity index (χ4v) is 2.65. The van der Waals surface area contributed by atoms with Crippen molar-refractivity contribution in [3.63, 3.8) is 0 Å². The molecule has 0 unspecified atom stereocenters. The van der Waals surface area contributed by atoms with E-state index >= 15 is 0 Å². The molecule has 0 fully saturated rings. The number of nitrogens with zero attached hydrogens (tertiary/aromatic N) is 2. The zero-order chi connectivity index (χ0) is 14.2. The summed E-state index contributed by atoms with van der Waals surface area (Å²) in [5.41, 5.74) is 2.18. The van der Waals surface area contributed by atoms with Crippen LogP contribution in [0.15, 0.2) is 72.9 Å². The summed E-state index contributed by atoms with van der Waals surface area (Å²) in [5, 5.41) is 15.3. The average molecular weight is 272 g/mol. The molecule has 0 aliphatic carbocycles. The second kappa shape index (κ2) is 4.56. The number of aromatic nitrogens is 2. The number of hydrogen-bond acceptors (Lipinski definition) is 2. The fourth-order valence-electron chi connectivity index (χ4n) is 2.65. The second-order valence-electron chi connectivity index (χ2n) is 4.97. The molecule has 2 aromatic heterocycles. The summed E-state index contributed by atoms with van der Waals surface area (Å²) in [6, 6.07) is 21.5. The maximum Gasteiger partial charge on any atom is 0.250 e. The maximum atomic E-state index is 12.2. The highest BCUT2D eigenvalue weighted by atomic mass is 16.5. The number of pyridine rings is 2. The summed E-state index contributed by atoms with van der Waals surface area (Å²) >= 11 is 0. The second-order valence-corrected chi connectivity index (χ2v) is 4.97. The molecule has 2 heterocycles. The third kappa shape index (κ3) is 1.91. The van der Waals surface area contributed by atoms with Gasteiger partial charge in [-0.05, 0) is 23.6 Å². The van der Waals surface area contributed by atoms with E-state index < -0.39 is 0 Å². The van der Waals surface area contributed by atoms with Crippen molar-refractivity contribution in [3.8, 4) is 11.4 Å². The van der Waals surface area contributed by atoms with Gasteiger partial charge < -0.3 is 5.21 Å². The number of hydrogen-bond donors (Lipinski definition) is 0. The molecular formula is C18H12N2O. The molecule has 0 bridgehead atoms. The Balaban J connectivity index is 2.05. The first-order valence-electron chi connectivity index (χ1n) is 6.80. The minimum Gasteiger partial charge on any atom is -0.618 e. The Morgan fingerprint density at radius 1 is 0.762 bits per heavy atom. The lowest BCUT2D eigenvalue weighted by Gasteiger charge is -2.08. The Hall–Kier alpha value is -2.94. The lowest BCUT2D eigenvalue weighted by atomic mass is 10.1. The van der Waals surface area contributed by atoms with Crippen molar-refractivity contribution < 1.29 is 4.73 Å². The Morgan fingerprint density at radius 3 is 2.43 bits per heavy atom. The van der Waals surface area contributed by atoms with Gasteiger partial charge in [-0.15, -0.1) is 0 Å². The van der Waals surface area contributed by atoms with Gasteiger partial charge in [-0.25, -0.2) is 4.98 Å². The van der Waals surface area contributed by atoms with Gasteiger partial charge in [-0.1, -0.05) is 42.5 Å². The molecule has 100 valence electrons. The minimum atomic E-state index is 0.596. The summed E-state index contributed by atoms with van der Waals surface area (Å²) in [5.74, 6) is 0. The number of benzene rings is 2. The molecular weight excluding hydrogens is 260 g/mol. The predicted octanol–water partition coefficient (Wildman–Crippen LogP) is 3.69. The standard InChI is InChI=1S/C18H12N2O/c21-20-12-11-13-5-1-3-7-15(13)18(20)17-10-9-14-6-2-4-8-16(14)19-17/h1-12H. The molecule has 2 aromatic carbocycles. The largest absolute Gasteiger partial charge is 0.618 e. The van der Waals surface area contributed by atoms with Gasteiger partial charge in [0, 0.05) is 11.5 Å². The number of rotatable bonds is 1. The highest BCUT2D eigenvalue weighted by molar-refractivity contribution is 5.93. The van der Waals surface area contributed by atoms with Gasteiger partial charge in [-0.3, -0.25) is 0 Å². The predicted molar refractivity (Wildman–Crippen MR) is 83.6 cm³/mol.